The summed E-state index contributed by atoms with van der Waals surface area (Å²) in [5.74, 6) is 1.33. The molecule has 31 heavy (non-hydrogen) atoms. The maximum Gasteiger partial charge on any atom is 0.243 e. The Morgan fingerprint density at radius 2 is 1.84 bits per heavy atom. The number of carbonyl (C=O) groups is 1. The van der Waals surface area contributed by atoms with Gasteiger partial charge in [0.25, 0.3) is 0 Å². The summed E-state index contributed by atoms with van der Waals surface area (Å²) >= 11 is 0. The first kappa shape index (κ1) is 22.7. The van der Waals surface area contributed by atoms with Crippen molar-refractivity contribution in [1.82, 2.24) is 5.32 Å². The van der Waals surface area contributed by atoms with Gasteiger partial charge in [0, 0.05) is 6.07 Å². The molecule has 0 radical (unpaired) electrons. The molecule has 8 nitrogen and oxygen atoms in total. The van der Waals surface area contributed by atoms with Gasteiger partial charge in [0.05, 0.1) is 18.5 Å². The fourth-order valence-electron chi connectivity index (χ4n) is 3.32. The Labute approximate surface area is 183 Å². The summed E-state index contributed by atoms with van der Waals surface area (Å²) in [6.07, 6.45) is 1.07. The average molecular weight is 449 g/mol. The zero-order valence-corrected chi connectivity index (χ0v) is 19.0. The summed E-state index contributed by atoms with van der Waals surface area (Å²) in [7, 11) is -3.73. The number of nitrogens with one attached hydrogen (secondary N) is 1. The standard InChI is InChI=1S/C22H28N2O6S/c1-15-5-6-16(2)20(13-15)28-10-9-23-22(25)17(3)24(31(4,26)27)18-7-8-19-21(14-18)30-12-11-29-19/h5-8,13-14,17H,9-12H2,1-4H3,(H,23,25)/t17-/m0/s1. The molecule has 0 unspecified atom stereocenters. The Bertz CT molecular complexity index is 1050. The molecular weight excluding hydrogens is 420 g/mol. The Balaban J connectivity index is 1.65. The number of ether oxygens (including phenoxy) is 3. The first-order chi connectivity index (χ1) is 14.7. The molecule has 1 amide bonds. The van der Waals surface area contributed by atoms with Crippen molar-refractivity contribution in [2.45, 2.75) is 26.8 Å². The number of amides is 1. The lowest BCUT2D eigenvalue weighted by Crippen LogP contribution is -2.48. The molecule has 0 bridgehead atoms. The van der Waals surface area contributed by atoms with Crippen LogP contribution in [0.1, 0.15) is 18.1 Å². The molecule has 1 heterocycles. The molecule has 0 aromatic heterocycles. The van der Waals surface area contributed by atoms with Crippen molar-refractivity contribution in [3.8, 4) is 17.2 Å². The Kier molecular flexibility index (Phi) is 6.94. The van der Waals surface area contributed by atoms with Crippen molar-refractivity contribution >= 4 is 21.6 Å². The smallest absolute Gasteiger partial charge is 0.243 e. The Hall–Kier alpha value is -2.94. The van der Waals surface area contributed by atoms with Crippen LogP contribution in [-0.2, 0) is 14.8 Å². The van der Waals surface area contributed by atoms with Crippen molar-refractivity contribution in [2.24, 2.45) is 0 Å². The molecular formula is C22H28N2O6S. The number of benzene rings is 2. The lowest BCUT2D eigenvalue weighted by molar-refractivity contribution is -0.121. The quantitative estimate of drug-likeness (QED) is 0.624. The van der Waals surface area contributed by atoms with Crippen molar-refractivity contribution in [3.63, 3.8) is 0 Å². The third kappa shape index (κ3) is 5.61. The van der Waals surface area contributed by atoms with Gasteiger partial charge in [-0.05, 0) is 50.1 Å². The van der Waals surface area contributed by atoms with E-state index in [1.165, 1.54) is 0 Å². The van der Waals surface area contributed by atoms with Gasteiger partial charge < -0.3 is 19.5 Å². The second kappa shape index (κ2) is 9.47. The van der Waals surface area contributed by atoms with E-state index in [4.69, 9.17) is 14.2 Å². The van der Waals surface area contributed by atoms with Crippen LogP contribution < -0.4 is 23.8 Å². The number of fused-ring (bicyclic) bond motifs is 1. The molecule has 1 N–H and O–H groups in total. The number of carbonyl (C=O) groups excluding carboxylic acids is 1. The predicted octanol–water partition coefficient (Wildman–Crippen LogP) is 2.42. The minimum atomic E-state index is -3.73. The van der Waals surface area contributed by atoms with Crippen LogP contribution in [0.4, 0.5) is 5.69 Å². The predicted molar refractivity (Wildman–Crippen MR) is 119 cm³/mol. The number of anilines is 1. The highest BCUT2D eigenvalue weighted by Gasteiger charge is 2.30. The maximum absolute atomic E-state index is 12.7. The molecule has 168 valence electrons. The summed E-state index contributed by atoms with van der Waals surface area (Å²) in [4.78, 5) is 12.7. The van der Waals surface area contributed by atoms with Gasteiger partial charge >= 0.3 is 0 Å². The summed E-state index contributed by atoms with van der Waals surface area (Å²) in [6, 6.07) is 9.77. The molecule has 0 saturated carbocycles. The van der Waals surface area contributed by atoms with E-state index in [1.807, 2.05) is 32.0 Å². The number of hydrogen-bond donors (Lipinski definition) is 1. The highest BCUT2D eigenvalue weighted by Crippen LogP contribution is 2.35. The first-order valence-electron chi connectivity index (χ1n) is 10.0. The molecule has 1 atom stereocenters. The topological polar surface area (TPSA) is 94.2 Å². The van der Waals surface area contributed by atoms with Crippen LogP contribution in [0.25, 0.3) is 0 Å². The Morgan fingerprint density at radius 1 is 1.13 bits per heavy atom. The fraction of sp³-hybridized carbons (Fsp3) is 0.409. The van der Waals surface area contributed by atoms with Gasteiger partial charge in [-0.1, -0.05) is 12.1 Å². The first-order valence-corrected chi connectivity index (χ1v) is 11.9. The molecule has 1 aliphatic rings. The fourth-order valence-corrected chi connectivity index (χ4v) is 4.49. The Morgan fingerprint density at radius 3 is 2.55 bits per heavy atom. The van der Waals surface area contributed by atoms with E-state index >= 15 is 0 Å². The second-order valence-corrected chi connectivity index (χ2v) is 9.33. The van der Waals surface area contributed by atoms with Gasteiger partial charge in [0.2, 0.25) is 15.9 Å². The van der Waals surface area contributed by atoms with Crippen LogP contribution in [0.2, 0.25) is 0 Å². The summed E-state index contributed by atoms with van der Waals surface area (Å²) < 4.78 is 42.8. The highest BCUT2D eigenvalue weighted by atomic mass is 32.2. The van der Waals surface area contributed by atoms with Gasteiger partial charge in [-0.15, -0.1) is 0 Å². The molecule has 2 aromatic carbocycles. The lowest BCUT2D eigenvalue weighted by Gasteiger charge is -2.29. The van der Waals surface area contributed by atoms with Crippen LogP contribution in [0.5, 0.6) is 17.2 Å². The minimum absolute atomic E-state index is 0.245. The van der Waals surface area contributed by atoms with Crippen LogP contribution in [-0.4, -0.2) is 53.0 Å². The highest BCUT2D eigenvalue weighted by molar-refractivity contribution is 7.92. The van der Waals surface area contributed by atoms with E-state index in [-0.39, 0.29) is 13.2 Å². The van der Waals surface area contributed by atoms with Crippen LogP contribution in [0.3, 0.4) is 0 Å². The van der Waals surface area contributed by atoms with E-state index in [0.29, 0.717) is 30.4 Å². The van der Waals surface area contributed by atoms with Gasteiger partial charge in [-0.25, -0.2) is 8.42 Å². The van der Waals surface area contributed by atoms with Gasteiger partial charge in [0.15, 0.2) is 11.5 Å². The lowest BCUT2D eigenvalue weighted by atomic mass is 10.1. The maximum atomic E-state index is 12.7. The second-order valence-electron chi connectivity index (χ2n) is 7.47. The van der Waals surface area contributed by atoms with Crippen molar-refractivity contribution < 1.29 is 27.4 Å². The third-order valence-corrected chi connectivity index (χ3v) is 6.11. The van der Waals surface area contributed by atoms with E-state index in [9.17, 15) is 13.2 Å². The summed E-state index contributed by atoms with van der Waals surface area (Å²) in [5, 5.41) is 2.75. The molecule has 0 saturated heterocycles. The van der Waals surface area contributed by atoms with E-state index in [0.717, 1.165) is 27.4 Å². The van der Waals surface area contributed by atoms with Crippen LogP contribution >= 0.6 is 0 Å². The molecule has 0 fully saturated rings. The van der Waals surface area contributed by atoms with Crippen molar-refractivity contribution in [2.75, 3.05) is 36.9 Å². The number of sulfonamides is 1. The SMILES string of the molecule is Cc1ccc(C)c(OCCNC(=O)[C@H](C)N(c2ccc3c(c2)OCCO3)S(C)(=O)=O)c1. The normalized spacial score (nSPS) is 13.9. The van der Waals surface area contributed by atoms with E-state index < -0.39 is 22.0 Å². The molecule has 9 heteroatoms. The van der Waals surface area contributed by atoms with E-state index in [1.54, 1.807) is 25.1 Å². The van der Waals surface area contributed by atoms with Gasteiger partial charge in [0.1, 0.15) is 31.6 Å². The molecule has 3 rings (SSSR count). The number of rotatable bonds is 8. The summed E-state index contributed by atoms with van der Waals surface area (Å²) in [6.45, 7) is 6.80. The molecule has 0 spiro atoms. The van der Waals surface area contributed by atoms with Crippen molar-refractivity contribution in [1.29, 1.82) is 0 Å². The monoisotopic (exact) mass is 448 g/mol. The number of hydrogen-bond acceptors (Lipinski definition) is 6. The van der Waals surface area contributed by atoms with Crippen molar-refractivity contribution in [3.05, 3.63) is 47.5 Å². The molecule has 0 aliphatic carbocycles. The average Bonchev–Trinajstić information content (AvgIpc) is 2.72. The van der Waals surface area contributed by atoms with Crippen LogP contribution in [0.15, 0.2) is 36.4 Å². The van der Waals surface area contributed by atoms with Gasteiger partial charge in [-0.2, -0.15) is 0 Å². The minimum Gasteiger partial charge on any atom is -0.491 e. The number of nitrogens with zero attached hydrogens (tertiary/aromatic N) is 1. The summed E-state index contributed by atoms with van der Waals surface area (Å²) in [5.41, 5.74) is 2.43. The zero-order chi connectivity index (χ0) is 22.6. The number of aryl methyl sites for hydroxylation is 2. The van der Waals surface area contributed by atoms with Crippen LogP contribution in [0, 0.1) is 13.8 Å². The molecule has 1 aliphatic heterocycles. The van der Waals surface area contributed by atoms with E-state index in [2.05, 4.69) is 5.32 Å². The van der Waals surface area contributed by atoms with Gasteiger partial charge in [-0.3, -0.25) is 9.10 Å². The zero-order valence-electron chi connectivity index (χ0n) is 18.2. The largest absolute Gasteiger partial charge is 0.491 e. The third-order valence-electron chi connectivity index (χ3n) is 4.87. The molecule has 2 aromatic rings.